The highest BCUT2D eigenvalue weighted by atomic mass is 35.5. The molecule has 3 aromatic rings. The smallest absolute Gasteiger partial charge is 0.335 e. The molecule has 0 spiro atoms. The Morgan fingerprint density at radius 1 is 1.17 bits per heavy atom. The Labute approximate surface area is 184 Å². The zero-order valence-corrected chi connectivity index (χ0v) is 18.5. The van der Waals surface area contributed by atoms with Crippen molar-refractivity contribution in [2.75, 3.05) is 26.7 Å². The van der Waals surface area contributed by atoms with Crippen molar-refractivity contribution < 1.29 is 14.6 Å². The highest BCUT2D eigenvalue weighted by Crippen LogP contribution is 2.32. The van der Waals surface area contributed by atoms with Crippen LogP contribution in [0.4, 0.5) is 0 Å². The van der Waals surface area contributed by atoms with Crippen LogP contribution in [0.25, 0.3) is 16.7 Å². The molecule has 0 saturated heterocycles. The number of methoxy groups -OCH3 is 1. The van der Waals surface area contributed by atoms with Crippen molar-refractivity contribution in [3.8, 4) is 11.4 Å². The minimum Gasteiger partial charge on any atom is -0.494 e. The van der Waals surface area contributed by atoms with Gasteiger partial charge in [0.05, 0.1) is 28.9 Å². The fraction of sp³-hybridized carbons (Fsp3) is 0.333. The van der Waals surface area contributed by atoms with E-state index in [-0.39, 0.29) is 17.0 Å². The quantitative estimate of drug-likeness (QED) is 0.556. The molecule has 0 fully saturated rings. The molecule has 30 heavy (non-hydrogen) atoms. The van der Waals surface area contributed by atoms with Crippen molar-refractivity contribution in [3.63, 3.8) is 0 Å². The first-order valence-electron chi connectivity index (χ1n) is 9.56. The SMILES string of the molecule is CCN(CC)CCn1c(=O)n(-c2ccc(Cl)cc2Cl)c2c(OC)cc(C(=O)O)cc21. The molecular weight excluding hydrogens is 429 g/mol. The maximum atomic E-state index is 13.5. The summed E-state index contributed by atoms with van der Waals surface area (Å²) in [6, 6.07) is 7.75. The van der Waals surface area contributed by atoms with Gasteiger partial charge in [-0.05, 0) is 43.4 Å². The third-order valence-corrected chi connectivity index (χ3v) is 5.68. The van der Waals surface area contributed by atoms with E-state index >= 15 is 0 Å². The number of ether oxygens (including phenoxy) is 1. The van der Waals surface area contributed by atoms with Gasteiger partial charge in [0.1, 0.15) is 11.3 Å². The minimum absolute atomic E-state index is 0.0373. The number of rotatable bonds is 8. The number of imidazole rings is 1. The summed E-state index contributed by atoms with van der Waals surface area (Å²) in [5, 5.41) is 10.3. The summed E-state index contributed by atoms with van der Waals surface area (Å²) in [4.78, 5) is 27.3. The van der Waals surface area contributed by atoms with E-state index in [1.807, 2.05) is 0 Å². The van der Waals surface area contributed by atoms with Gasteiger partial charge in [0.25, 0.3) is 0 Å². The van der Waals surface area contributed by atoms with Crippen LogP contribution in [-0.2, 0) is 6.54 Å². The van der Waals surface area contributed by atoms with E-state index in [2.05, 4.69) is 18.7 Å². The lowest BCUT2D eigenvalue weighted by Crippen LogP contribution is -2.31. The second-order valence-corrected chi connectivity index (χ2v) is 7.59. The number of carboxylic acid groups (broad SMARTS) is 1. The van der Waals surface area contributed by atoms with Gasteiger partial charge in [-0.15, -0.1) is 0 Å². The summed E-state index contributed by atoms with van der Waals surface area (Å²) in [5.74, 6) is -0.829. The van der Waals surface area contributed by atoms with E-state index < -0.39 is 5.97 Å². The summed E-state index contributed by atoms with van der Waals surface area (Å²) >= 11 is 12.4. The molecule has 0 unspecified atom stereocenters. The molecule has 0 radical (unpaired) electrons. The average molecular weight is 452 g/mol. The van der Waals surface area contributed by atoms with Crippen molar-refractivity contribution in [2.45, 2.75) is 20.4 Å². The second-order valence-electron chi connectivity index (χ2n) is 6.74. The molecule has 1 aromatic heterocycles. The van der Waals surface area contributed by atoms with E-state index in [1.54, 1.807) is 22.8 Å². The van der Waals surface area contributed by atoms with Gasteiger partial charge in [0, 0.05) is 18.1 Å². The topological polar surface area (TPSA) is 76.7 Å². The number of hydrogen-bond donors (Lipinski definition) is 1. The van der Waals surface area contributed by atoms with Crippen LogP contribution in [0, 0.1) is 0 Å². The van der Waals surface area contributed by atoms with E-state index in [9.17, 15) is 14.7 Å². The minimum atomic E-state index is -1.10. The van der Waals surface area contributed by atoms with Crippen LogP contribution < -0.4 is 10.4 Å². The van der Waals surface area contributed by atoms with Gasteiger partial charge in [-0.3, -0.25) is 9.13 Å². The summed E-state index contributed by atoms with van der Waals surface area (Å²) in [7, 11) is 1.44. The molecule has 9 heteroatoms. The molecule has 0 atom stereocenters. The molecular formula is C21H23Cl2N3O4. The summed E-state index contributed by atoms with van der Waals surface area (Å²) in [6.07, 6.45) is 0. The zero-order chi connectivity index (χ0) is 22.0. The van der Waals surface area contributed by atoms with Crippen molar-refractivity contribution in [3.05, 3.63) is 56.4 Å². The number of likely N-dealkylation sites (N-methyl/N-ethyl adjacent to an activating group) is 1. The van der Waals surface area contributed by atoms with E-state index in [0.29, 0.717) is 39.9 Å². The lowest BCUT2D eigenvalue weighted by atomic mass is 10.1. The summed E-state index contributed by atoms with van der Waals surface area (Å²) < 4.78 is 8.47. The number of carboxylic acids is 1. The lowest BCUT2D eigenvalue weighted by Gasteiger charge is -2.18. The highest BCUT2D eigenvalue weighted by molar-refractivity contribution is 6.35. The Morgan fingerprint density at radius 2 is 1.87 bits per heavy atom. The molecule has 0 bridgehead atoms. The first-order valence-corrected chi connectivity index (χ1v) is 10.3. The van der Waals surface area contributed by atoms with Gasteiger partial charge < -0.3 is 14.7 Å². The molecule has 1 N–H and O–H groups in total. The maximum absolute atomic E-state index is 13.5. The van der Waals surface area contributed by atoms with Crippen LogP contribution in [0.3, 0.4) is 0 Å². The Balaban J connectivity index is 2.34. The second kappa shape index (κ2) is 9.12. The maximum Gasteiger partial charge on any atom is 0.335 e. The summed E-state index contributed by atoms with van der Waals surface area (Å²) in [6.45, 7) is 6.82. The number of nitrogens with zero attached hydrogens (tertiary/aromatic N) is 3. The molecule has 0 aliphatic carbocycles. The first kappa shape index (κ1) is 22.2. The number of fused-ring (bicyclic) bond motifs is 1. The number of aromatic nitrogens is 2. The number of hydrogen-bond acceptors (Lipinski definition) is 4. The molecule has 2 aromatic carbocycles. The Morgan fingerprint density at radius 3 is 2.43 bits per heavy atom. The van der Waals surface area contributed by atoms with Crippen LogP contribution in [0.1, 0.15) is 24.2 Å². The van der Waals surface area contributed by atoms with Crippen LogP contribution in [0.2, 0.25) is 10.0 Å². The zero-order valence-electron chi connectivity index (χ0n) is 17.0. The molecule has 7 nitrogen and oxygen atoms in total. The van der Waals surface area contributed by atoms with E-state index in [0.717, 1.165) is 13.1 Å². The van der Waals surface area contributed by atoms with Crippen LogP contribution >= 0.6 is 23.2 Å². The Hall–Kier alpha value is -2.48. The highest BCUT2D eigenvalue weighted by Gasteiger charge is 2.22. The van der Waals surface area contributed by atoms with Crippen LogP contribution in [-0.4, -0.2) is 51.9 Å². The third-order valence-electron chi connectivity index (χ3n) is 5.14. The number of carbonyl (C=O) groups is 1. The summed E-state index contributed by atoms with van der Waals surface area (Å²) in [5.41, 5.74) is 1.07. The predicted octanol–water partition coefficient (Wildman–Crippen LogP) is 4.15. The Bertz CT molecular complexity index is 1150. The standard InChI is InChI=1S/C21H23Cl2N3O4/c1-4-24(5-2)8-9-25-17-10-13(20(27)28)11-18(30-3)19(17)26(21(25)29)16-7-6-14(22)12-15(16)23/h6-7,10-12H,4-5,8-9H2,1-3H3,(H,27,28). The number of benzene rings is 2. The Kier molecular flexibility index (Phi) is 6.75. The number of halogens is 2. The molecule has 160 valence electrons. The largest absolute Gasteiger partial charge is 0.494 e. The van der Waals surface area contributed by atoms with E-state index in [1.165, 1.54) is 23.8 Å². The molecule has 0 aliphatic heterocycles. The van der Waals surface area contributed by atoms with Crippen molar-refractivity contribution >= 4 is 40.2 Å². The predicted molar refractivity (Wildman–Crippen MR) is 119 cm³/mol. The fourth-order valence-corrected chi connectivity index (χ4v) is 4.00. The van der Waals surface area contributed by atoms with Gasteiger partial charge in [0.15, 0.2) is 0 Å². The van der Waals surface area contributed by atoms with Gasteiger partial charge in [-0.25, -0.2) is 9.59 Å². The molecule has 0 saturated carbocycles. The first-order chi connectivity index (χ1) is 14.3. The number of aromatic carboxylic acids is 1. The van der Waals surface area contributed by atoms with E-state index in [4.69, 9.17) is 27.9 Å². The molecule has 0 aliphatic rings. The van der Waals surface area contributed by atoms with Crippen molar-refractivity contribution in [2.24, 2.45) is 0 Å². The van der Waals surface area contributed by atoms with Crippen LogP contribution in [0.15, 0.2) is 35.1 Å². The lowest BCUT2D eigenvalue weighted by molar-refractivity contribution is 0.0696. The normalized spacial score (nSPS) is 11.4. The van der Waals surface area contributed by atoms with Gasteiger partial charge in [-0.2, -0.15) is 0 Å². The molecule has 0 amide bonds. The van der Waals surface area contributed by atoms with Crippen molar-refractivity contribution in [1.29, 1.82) is 0 Å². The third kappa shape index (κ3) is 4.05. The molecule has 1 heterocycles. The molecule has 3 rings (SSSR count). The van der Waals surface area contributed by atoms with Gasteiger partial charge in [0.2, 0.25) is 0 Å². The van der Waals surface area contributed by atoms with Crippen molar-refractivity contribution in [1.82, 2.24) is 14.0 Å². The van der Waals surface area contributed by atoms with Crippen LogP contribution in [0.5, 0.6) is 5.75 Å². The van der Waals surface area contributed by atoms with Gasteiger partial charge >= 0.3 is 11.7 Å². The van der Waals surface area contributed by atoms with Gasteiger partial charge in [-0.1, -0.05) is 37.0 Å². The monoisotopic (exact) mass is 451 g/mol. The average Bonchev–Trinajstić information content (AvgIpc) is 2.99. The fourth-order valence-electron chi connectivity index (χ4n) is 3.51.